The van der Waals surface area contributed by atoms with Crippen molar-refractivity contribution in [2.24, 2.45) is 4.99 Å². The van der Waals surface area contributed by atoms with Crippen LogP contribution in [-0.2, 0) is 0 Å². The molecule has 0 bridgehead atoms. The van der Waals surface area contributed by atoms with Crippen LogP contribution in [0.5, 0.6) is 0 Å². The third kappa shape index (κ3) is 8.93. The van der Waals surface area contributed by atoms with Gasteiger partial charge in [-0.15, -0.1) is 0 Å². The number of unbranched alkanes of at least 4 members (excludes halogenated alkanes) is 3. The second-order valence-corrected chi connectivity index (χ2v) is 3.22. The van der Waals surface area contributed by atoms with Crippen molar-refractivity contribution in [3.05, 3.63) is 0 Å². The molecule has 0 atom stereocenters. The number of rotatable bonds is 5. The maximum absolute atomic E-state index is 7.44. The average Bonchev–Trinajstić information content (AvgIpc) is 2.17. The van der Waals surface area contributed by atoms with Crippen LogP contribution < -0.4 is 10.6 Å². The van der Waals surface area contributed by atoms with E-state index < -0.39 is 0 Å². The van der Waals surface area contributed by atoms with Crippen molar-refractivity contribution in [2.45, 2.75) is 39.5 Å². The van der Waals surface area contributed by atoms with Crippen LogP contribution in [0.1, 0.15) is 39.5 Å². The molecule has 0 unspecified atom stereocenters. The molecule has 0 aliphatic rings. The Morgan fingerprint density at radius 3 is 2.60 bits per heavy atom. The van der Waals surface area contributed by atoms with Gasteiger partial charge in [-0.2, -0.15) is 0 Å². The fraction of sp³-hybridized carbons (Fsp3) is 0.700. The molecule has 15 heavy (non-hydrogen) atoms. The summed E-state index contributed by atoms with van der Waals surface area (Å²) in [7, 11) is 0. The zero-order chi connectivity index (χ0) is 11.5. The molecule has 0 aromatic carbocycles. The Hall–Kier alpha value is -1.39. The van der Waals surface area contributed by atoms with Crippen molar-refractivity contribution in [1.82, 2.24) is 10.6 Å². The van der Waals surface area contributed by atoms with Crippen LogP contribution in [0, 0.1) is 10.8 Å². The van der Waals surface area contributed by atoms with Gasteiger partial charge in [0.15, 0.2) is 5.96 Å². The summed E-state index contributed by atoms with van der Waals surface area (Å²) in [5, 5.41) is 20.1. The first kappa shape index (κ1) is 13.6. The number of hydrogen-bond donors (Lipinski definition) is 4. The fourth-order valence-corrected chi connectivity index (χ4v) is 1.09. The molecule has 86 valence electrons. The minimum atomic E-state index is -0.0106. The molecule has 0 amide bonds. The van der Waals surface area contributed by atoms with E-state index >= 15 is 0 Å². The van der Waals surface area contributed by atoms with E-state index in [-0.39, 0.29) is 11.9 Å². The minimum Gasteiger partial charge on any atom is -0.356 e. The molecule has 0 saturated heterocycles. The van der Waals surface area contributed by atoms with Gasteiger partial charge in [-0.05, 0) is 13.3 Å². The van der Waals surface area contributed by atoms with Crippen molar-refractivity contribution >= 4 is 18.1 Å². The SMILES string of the molecule is CC=NC(=N)NC(=N)NCCCCCC. The Bertz CT molecular complexity index is 222. The second kappa shape index (κ2) is 9.18. The number of guanidine groups is 2. The van der Waals surface area contributed by atoms with E-state index in [9.17, 15) is 0 Å². The molecule has 5 heteroatoms. The van der Waals surface area contributed by atoms with Gasteiger partial charge in [-0.25, -0.2) is 4.99 Å². The molecule has 0 radical (unpaired) electrons. The topological polar surface area (TPSA) is 84.1 Å². The van der Waals surface area contributed by atoms with Crippen LogP contribution in [0.4, 0.5) is 0 Å². The highest BCUT2D eigenvalue weighted by Gasteiger charge is 1.96. The van der Waals surface area contributed by atoms with Gasteiger partial charge in [0, 0.05) is 12.8 Å². The van der Waals surface area contributed by atoms with Gasteiger partial charge >= 0.3 is 0 Å². The van der Waals surface area contributed by atoms with Gasteiger partial charge in [-0.1, -0.05) is 26.2 Å². The summed E-state index contributed by atoms with van der Waals surface area (Å²) in [6.07, 6.45) is 6.21. The third-order valence-corrected chi connectivity index (χ3v) is 1.83. The van der Waals surface area contributed by atoms with Crippen molar-refractivity contribution in [2.75, 3.05) is 6.54 Å². The molecule has 4 N–H and O–H groups in total. The van der Waals surface area contributed by atoms with E-state index in [4.69, 9.17) is 10.8 Å². The van der Waals surface area contributed by atoms with E-state index in [1.54, 1.807) is 6.92 Å². The molecule has 0 spiro atoms. The first-order chi connectivity index (χ1) is 7.20. The summed E-state index contributed by atoms with van der Waals surface area (Å²) in [6.45, 7) is 4.67. The fourth-order valence-electron chi connectivity index (χ4n) is 1.09. The van der Waals surface area contributed by atoms with Crippen molar-refractivity contribution < 1.29 is 0 Å². The smallest absolute Gasteiger partial charge is 0.221 e. The van der Waals surface area contributed by atoms with E-state index in [1.807, 2.05) is 0 Å². The monoisotopic (exact) mass is 211 g/mol. The molecule has 0 saturated carbocycles. The van der Waals surface area contributed by atoms with Gasteiger partial charge in [0.2, 0.25) is 5.96 Å². The molecular formula is C10H21N5. The molecular weight excluding hydrogens is 190 g/mol. The normalized spacial score (nSPS) is 10.3. The Labute approximate surface area is 91.4 Å². The number of hydrogen-bond acceptors (Lipinski definition) is 2. The summed E-state index contributed by atoms with van der Waals surface area (Å²) in [4.78, 5) is 3.69. The maximum atomic E-state index is 7.44. The van der Waals surface area contributed by atoms with E-state index in [0.717, 1.165) is 13.0 Å². The lowest BCUT2D eigenvalue weighted by atomic mass is 10.2. The summed E-state index contributed by atoms with van der Waals surface area (Å²) in [5.41, 5.74) is 0. The highest BCUT2D eigenvalue weighted by atomic mass is 15.2. The predicted molar refractivity (Wildman–Crippen MR) is 64.9 cm³/mol. The van der Waals surface area contributed by atoms with E-state index in [2.05, 4.69) is 22.5 Å². The lowest BCUT2D eigenvalue weighted by Gasteiger charge is -2.08. The summed E-state index contributed by atoms with van der Waals surface area (Å²) in [6, 6.07) is 0. The van der Waals surface area contributed by atoms with Crippen LogP contribution in [0.2, 0.25) is 0 Å². The minimum absolute atomic E-state index is 0.0106. The average molecular weight is 211 g/mol. The van der Waals surface area contributed by atoms with Crippen molar-refractivity contribution in [1.29, 1.82) is 10.8 Å². The van der Waals surface area contributed by atoms with Crippen molar-refractivity contribution in [3.63, 3.8) is 0 Å². The number of nitrogens with one attached hydrogen (secondary N) is 4. The summed E-state index contributed by atoms with van der Waals surface area (Å²) >= 11 is 0. The molecule has 0 aliphatic carbocycles. The van der Waals surface area contributed by atoms with Crippen LogP contribution in [-0.4, -0.2) is 24.7 Å². The highest BCUT2D eigenvalue weighted by Crippen LogP contribution is 1.96. The van der Waals surface area contributed by atoms with Gasteiger partial charge < -0.3 is 5.32 Å². The first-order valence-electron chi connectivity index (χ1n) is 5.37. The van der Waals surface area contributed by atoms with Crippen LogP contribution in [0.15, 0.2) is 4.99 Å². The predicted octanol–water partition coefficient (Wildman–Crippen LogP) is 1.71. The van der Waals surface area contributed by atoms with E-state index in [1.165, 1.54) is 25.5 Å². The van der Waals surface area contributed by atoms with Gasteiger partial charge in [0.05, 0.1) is 0 Å². The standard InChI is InChI=1S/C10H21N5/c1-3-5-6-7-8-14-10(12)15-9(11)13-4-2/h4H,3,5-8H2,1-2H3,(H4,11,12,14,15). The Balaban J connectivity index is 3.45. The molecule has 0 fully saturated rings. The largest absolute Gasteiger partial charge is 0.356 e. The Morgan fingerprint density at radius 1 is 1.27 bits per heavy atom. The van der Waals surface area contributed by atoms with Gasteiger partial charge in [0.25, 0.3) is 0 Å². The summed E-state index contributed by atoms with van der Waals surface area (Å²) < 4.78 is 0. The van der Waals surface area contributed by atoms with Gasteiger partial charge in [0.1, 0.15) is 0 Å². The zero-order valence-corrected chi connectivity index (χ0v) is 9.56. The summed E-state index contributed by atoms with van der Waals surface area (Å²) in [5.74, 6) is 0.130. The molecule has 0 aliphatic heterocycles. The lowest BCUT2D eigenvalue weighted by molar-refractivity contribution is 0.650. The zero-order valence-electron chi connectivity index (χ0n) is 9.56. The first-order valence-corrected chi connectivity index (χ1v) is 5.37. The molecule has 0 rings (SSSR count). The maximum Gasteiger partial charge on any atom is 0.221 e. The van der Waals surface area contributed by atoms with E-state index in [0.29, 0.717) is 0 Å². The third-order valence-electron chi connectivity index (χ3n) is 1.83. The lowest BCUT2D eigenvalue weighted by Crippen LogP contribution is -2.39. The Morgan fingerprint density at radius 2 is 2.00 bits per heavy atom. The second-order valence-electron chi connectivity index (χ2n) is 3.22. The van der Waals surface area contributed by atoms with Crippen molar-refractivity contribution in [3.8, 4) is 0 Å². The number of nitrogens with zero attached hydrogens (tertiary/aromatic N) is 1. The molecule has 0 heterocycles. The molecule has 0 aromatic rings. The quantitative estimate of drug-likeness (QED) is 0.317. The Kier molecular flexibility index (Phi) is 8.33. The van der Waals surface area contributed by atoms with Crippen LogP contribution in [0.25, 0.3) is 0 Å². The van der Waals surface area contributed by atoms with Crippen LogP contribution >= 0.6 is 0 Å². The highest BCUT2D eigenvalue weighted by molar-refractivity contribution is 5.98. The molecule has 5 nitrogen and oxygen atoms in total. The van der Waals surface area contributed by atoms with Crippen LogP contribution in [0.3, 0.4) is 0 Å². The van der Waals surface area contributed by atoms with Gasteiger partial charge in [-0.3, -0.25) is 16.1 Å². The number of aliphatic imine (C=N–C) groups is 1. The molecule has 0 aromatic heterocycles.